The second-order valence-electron chi connectivity index (χ2n) is 4.40. The van der Waals surface area contributed by atoms with Crippen molar-refractivity contribution in [1.29, 1.82) is 0 Å². The van der Waals surface area contributed by atoms with E-state index in [0.29, 0.717) is 30.4 Å². The monoisotopic (exact) mass is 271 g/mol. The molecule has 1 aromatic rings. The molecule has 0 aliphatic heterocycles. The van der Waals surface area contributed by atoms with Crippen molar-refractivity contribution in [3.8, 4) is 5.88 Å². The quantitative estimate of drug-likeness (QED) is 0.736. The van der Waals surface area contributed by atoms with E-state index in [1.54, 1.807) is 0 Å². The van der Waals surface area contributed by atoms with Crippen LogP contribution < -0.4 is 10.1 Å². The van der Waals surface area contributed by atoms with Crippen LogP contribution >= 0.6 is 11.6 Å². The van der Waals surface area contributed by atoms with E-state index in [1.807, 2.05) is 13.0 Å². The predicted molar refractivity (Wildman–Crippen MR) is 75.6 cm³/mol. The van der Waals surface area contributed by atoms with Gasteiger partial charge in [-0.2, -0.15) is 4.98 Å². The smallest absolute Gasteiger partial charge is 0.226 e. The lowest BCUT2D eigenvalue weighted by atomic mass is 10.2. The average molecular weight is 272 g/mol. The van der Waals surface area contributed by atoms with E-state index >= 15 is 0 Å². The van der Waals surface area contributed by atoms with E-state index in [-0.39, 0.29) is 0 Å². The fourth-order valence-electron chi connectivity index (χ4n) is 1.56. The van der Waals surface area contributed by atoms with Gasteiger partial charge in [0.25, 0.3) is 0 Å². The van der Waals surface area contributed by atoms with Crippen LogP contribution in [0.5, 0.6) is 5.88 Å². The van der Waals surface area contributed by atoms with Crippen molar-refractivity contribution in [2.75, 3.05) is 17.8 Å². The van der Waals surface area contributed by atoms with Gasteiger partial charge in [-0.05, 0) is 33.1 Å². The van der Waals surface area contributed by atoms with Crippen molar-refractivity contribution in [1.82, 2.24) is 9.97 Å². The molecule has 1 heterocycles. The van der Waals surface area contributed by atoms with Gasteiger partial charge >= 0.3 is 0 Å². The number of ether oxygens (including phenoxy) is 1. The van der Waals surface area contributed by atoms with Gasteiger partial charge in [0, 0.05) is 23.7 Å². The van der Waals surface area contributed by atoms with E-state index in [2.05, 4.69) is 29.1 Å². The predicted octanol–water partition coefficient (Wildman–Crippen LogP) is 3.39. The summed E-state index contributed by atoms with van der Waals surface area (Å²) in [6, 6.07) is 2.16. The summed E-state index contributed by atoms with van der Waals surface area (Å²) in [4.78, 5) is 8.70. The van der Waals surface area contributed by atoms with Crippen LogP contribution in [-0.4, -0.2) is 28.5 Å². The van der Waals surface area contributed by atoms with Gasteiger partial charge in [-0.3, -0.25) is 0 Å². The number of hydrogen-bond donors (Lipinski definition) is 1. The van der Waals surface area contributed by atoms with Crippen molar-refractivity contribution in [3.05, 3.63) is 11.8 Å². The largest absolute Gasteiger partial charge is 0.478 e. The van der Waals surface area contributed by atoms with E-state index < -0.39 is 0 Å². The highest BCUT2D eigenvalue weighted by molar-refractivity contribution is 6.17. The lowest BCUT2D eigenvalue weighted by molar-refractivity contribution is 0.305. The van der Waals surface area contributed by atoms with Gasteiger partial charge in [-0.15, -0.1) is 11.6 Å². The number of aryl methyl sites for hydroxylation is 1. The van der Waals surface area contributed by atoms with Gasteiger partial charge in [-0.1, -0.05) is 6.92 Å². The Bertz CT molecular complexity index is 360. The summed E-state index contributed by atoms with van der Waals surface area (Å²) >= 11 is 5.68. The molecule has 1 atom stereocenters. The number of alkyl halides is 1. The third-order valence-electron chi connectivity index (χ3n) is 2.43. The highest BCUT2D eigenvalue weighted by atomic mass is 35.5. The standard InChI is InChI=1S/C13H22ClN3O/c1-4-8-18-12-9-11(3)16-13(17-12)15-10(2)6-5-7-14/h9-10H,4-8H2,1-3H3,(H,15,16,17). The molecule has 0 saturated carbocycles. The molecule has 0 aliphatic rings. The van der Waals surface area contributed by atoms with Crippen LogP contribution in [0.3, 0.4) is 0 Å². The first kappa shape index (κ1) is 15.0. The maximum absolute atomic E-state index is 5.68. The summed E-state index contributed by atoms with van der Waals surface area (Å²) in [5, 5.41) is 3.27. The van der Waals surface area contributed by atoms with Gasteiger partial charge in [0.05, 0.1) is 6.61 Å². The number of nitrogens with zero attached hydrogens (tertiary/aromatic N) is 2. The van der Waals surface area contributed by atoms with E-state index in [9.17, 15) is 0 Å². The number of hydrogen-bond acceptors (Lipinski definition) is 4. The molecule has 0 amide bonds. The average Bonchev–Trinajstić information content (AvgIpc) is 2.33. The topological polar surface area (TPSA) is 47.0 Å². The third kappa shape index (κ3) is 5.54. The SMILES string of the molecule is CCCOc1cc(C)nc(NC(C)CCCCl)n1. The maximum Gasteiger partial charge on any atom is 0.226 e. The summed E-state index contributed by atoms with van der Waals surface area (Å²) in [6.07, 6.45) is 2.96. The summed E-state index contributed by atoms with van der Waals surface area (Å²) in [5.74, 6) is 1.95. The summed E-state index contributed by atoms with van der Waals surface area (Å²) in [7, 11) is 0. The molecular formula is C13H22ClN3O. The highest BCUT2D eigenvalue weighted by Crippen LogP contribution is 2.14. The molecule has 102 valence electrons. The second kappa shape index (κ2) is 8.14. The lowest BCUT2D eigenvalue weighted by Gasteiger charge is -2.14. The fraction of sp³-hybridized carbons (Fsp3) is 0.692. The van der Waals surface area contributed by atoms with Crippen molar-refractivity contribution < 1.29 is 4.74 Å². The molecule has 0 aromatic carbocycles. The lowest BCUT2D eigenvalue weighted by Crippen LogP contribution is -2.17. The van der Waals surface area contributed by atoms with Gasteiger partial charge in [-0.25, -0.2) is 4.98 Å². The first-order valence-corrected chi connectivity index (χ1v) is 7.00. The van der Waals surface area contributed by atoms with E-state index in [0.717, 1.165) is 25.0 Å². The van der Waals surface area contributed by atoms with Gasteiger partial charge < -0.3 is 10.1 Å². The van der Waals surface area contributed by atoms with Crippen LogP contribution in [0, 0.1) is 6.92 Å². The van der Waals surface area contributed by atoms with Gasteiger partial charge in [0.1, 0.15) is 0 Å². The van der Waals surface area contributed by atoms with Crippen LogP contribution in [0.2, 0.25) is 0 Å². The van der Waals surface area contributed by atoms with Gasteiger partial charge in [0.2, 0.25) is 11.8 Å². The van der Waals surface area contributed by atoms with E-state index in [4.69, 9.17) is 16.3 Å². The molecule has 0 bridgehead atoms. The minimum absolute atomic E-state index is 0.310. The van der Waals surface area contributed by atoms with Crippen molar-refractivity contribution in [2.45, 2.75) is 46.1 Å². The highest BCUT2D eigenvalue weighted by Gasteiger charge is 2.06. The minimum atomic E-state index is 0.310. The molecule has 4 nitrogen and oxygen atoms in total. The summed E-state index contributed by atoms with van der Waals surface area (Å²) in [6.45, 7) is 6.79. The molecule has 5 heteroatoms. The zero-order valence-electron chi connectivity index (χ0n) is 11.4. The fourth-order valence-corrected chi connectivity index (χ4v) is 1.71. The van der Waals surface area contributed by atoms with Crippen LogP contribution in [0.1, 0.15) is 38.8 Å². The van der Waals surface area contributed by atoms with Gasteiger partial charge in [0.15, 0.2) is 0 Å². The first-order valence-electron chi connectivity index (χ1n) is 6.46. The van der Waals surface area contributed by atoms with Crippen LogP contribution in [0.4, 0.5) is 5.95 Å². The number of anilines is 1. The first-order chi connectivity index (χ1) is 8.65. The molecular weight excluding hydrogens is 250 g/mol. The summed E-state index contributed by atoms with van der Waals surface area (Å²) in [5.41, 5.74) is 0.906. The van der Waals surface area contributed by atoms with Crippen LogP contribution in [0.25, 0.3) is 0 Å². The molecule has 0 saturated heterocycles. The molecule has 0 fully saturated rings. The molecule has 1 rings (SSSR count). The number of aromatic nitrogens is 2. The molecule has 1 unspecified atom stereocenters. The Kier molecular flexibility index (Phi) is 6.80. The molecule has 0 radical (unpaired) electrons. The van der Waals surface area contributed by atoms with Crippen molar-refractivity contribution in [2.24, 2.45) is 0 Å². The van der Waals surface area contributed by atoms with Crippen molar-refractivity contribution in [3.63, 3.8) is 0 Å². The van der Waals surface area contributed by atoms with Crippen LogP contribution in [0.15, 0.2) is 6.07 Å². The normalized spacial score (nSPS) is 12.2. The Morgan fingerprint density at radius 3 is 2.89 bits per heavy atom. The Morgan fingerprint density at radius 2 is 2.22 bits per heavy atom. The third-order valence-corrected chi connectivity index (χ3v) is 2.70. The number of halogens is 1. The zero-order chi connectivity index (χ0) is 13.4. The second-order valence-corrected chi connectivity index (χ2v) is 4.77. The molecule has 0 aliphatic carbocycles. The molecule has 18 heavy (non-hydrogen) atoms. The zero-order valence-corrected chi connectivity index (χ0v) is 12.1. The Balaban J connectivity index is 2.61. The molecule has 1 N–H and O–H groups in total. The molecule has 1 aromatic heterocycles. The van der Waals surface area contributed by atoms with Crippen LogP contribution in [-0.2, 0) is 0 Å². The Labute approximate surface area is 114 Å². The van der Waals surface area contributed by atoms with Crippen molar-refractivity contribution >= 4 is 17.5 Å². The van der Waals surface area contributed by atoms with E-state index in [1.165, 1.54) is 0 Å². The maximum atomic E-state index is 5.68. The molecule has 0 spiro atoms. The Morgan fingerprint density at radius 1 is 1.44 bits per heavy atom. The number of rotatable bonds is 8. The number of nitrogens with one attached hydrogen (secondary N) is 1. The minimum Gasteiger partial charge on any atom is -0.478 e. The Hall–Kier alpha value is -1.03. The summed E-state index contributed by atoms with van der Waals surface area (Å²) < 4.78 is 5.53.